The van der Waals surface area contributed by atoms with Gasteiger partial charge in [-0.05, 0) is 26.9 Å². The predicted molar refractivity (Wildman–Crippen MR) is 75.5 cm³/mol. The summed E-state index contributed by atoms with van der Waals surface area (Å²) in [6, 6.07) is 0. The molecule has 2 N–H and O–H groups in total. The highest BCUT2D eigenvalue weighted by atomic mass is 32.2. The molecule has 0 bridgehead atoms. The molecule has 0 aromatic carbocycles. The second-order valence-corrected chi connectivity index (χ2v) is 5.92. The highest BCUT2D eigenvalue weighted by Gasteiger charge is 2.21. The van der Waals surface area contributed by atoms with Crippen molar-refractivity contribution in [2.45, 2.75) is 39.0 Å². The van der Waals surface area contributed by atoms with Crippen molar-refractivity contribution in [1.29, 1.82) is 0 Å². The Balaban J connectivity index is 2.30. The van der Waals surface area contributed by atoms with Crippen LogP contribution in [0.5, 0.6) is 0 Å². The smallest absolute Gasteiger partial charge is 0.236 e. The van der Waals surface area contributed by atoms with E-state index in [4.69, 9.17) is 10.3 Å². The Bertz CT molecular complexity index is 344. The van der Waals surface area contributed by atoms with Gasteiger partial charge in [-0.15, -0.1) is 0 Å². The first-order valence-corrected chi connectivity index (χ1v) is 7.54. The minimum Gasteiger partial charge on any atom is -0.338 e. The molecule has 0 unspecified atom stereocenters. The van der Waals surface area contributed by atoms with Gasteiger partial charge in [0.25, 0.3) is 0 Å². The second-order valence-electron chi connectivity index (χ2n) is 4.81. The SMILES string of the molecule is CCN(CC)CCSCc1nc(C(C)(C)N)no1. The summed E-state index contributed by atoms with van der Waals surface area (Å²) in [7, 11) is 0. The average Bonchev–Trinajstić information content (AvgIpc) is 2.78. The lowest BCUT2D eigenvalue weighted by molar-refractivity contribution is 0.323. The highest BCUT2D eigenvalue weighted by Crippen LogP contribution is 2.16. The average molecular weight is 272 g/mol. The molecule has 0 atom stereocenters. The topological polar surface area (TPSA) is 68.2 Å². The third-order valence-corrected chi connectivity index (χ3v) is 3.64. The van der Waals surface area contributed by atoms with Gasteiger partial charge in [-0.1, -0.05) is 19.0 Å². The summed E-state index contributed by atoms with van der Waals surface area (Å²) in [5.74, 6) is 3.06. The van der Waals surface area contributed by atoms with E-state index in [1.165, 1.54) is 0 Å². The third kappa shape index (κ3) is 4.96. The largest absolute Gasteiger partial charge is 0.338 e. The molecule has 0 amide bonds. The molecule has 0 aliphatic rings. The number of hydrogen-bond donors (Lipinski definition) is 1. The Hall–Kier alpha value is -0.590. The first-order valence-electron chi connectivity index (χ1n) is 6.39. The van der Waals surface area contributed by atoms with E-state index in [0.717, 1.165) is 31.1 Å². The van der Waals surface area contributed by atoms with E-state index in [9.17, 15) is 0 Å². The Labute approximate surface area is 113 Å². The predicted octanol–water partition coefficient (Wildman–Crippen LogP) is 1.84. The zero-order chi connectivity index (χ0) is 13.6. The monoisotopic (exact) mass is 272 g/mol. The minimum atomic E-state index is -0.534. The fourth-order valence-corrected chi connectivity index (χ4v) is 2.29. The van der Waals surface area contributed by atoms with E-state index in [1.807, 2.05) is 25.6 Å². The van der Waals surface area contributed by atoms with Crippen LogP contribution in [0, 0.1) is 0 Å². The zero-order valence-electron chi connectivity index (χ0n) is 11.8. The fourth-order valence-electron chi connectivity index (χ4n) is 1.47. The van der Waals surface area contributed by atoms with Gasteiger partial charge in [0.2, 0.25) is 5.89 Å². The van der Waals surface area contributed by atoms with Crippen molar-refractivity contribution in [3.05, 3.63) is 11.7 Å². The Morgan fingerprint density at radius 3 is 2.50 bits per heavy atom. The van der Waals surface area contributed by atoms with Gasteiger partial charge in [0.1, 0.15) is 0 Å². The number of hydrogen-bond acceptors (Lipinski definition) is 6. The summed E-state index contributed by atoms with van der Waals surface area (Å²) in [6.07, 6.45) is 0. The van der Waals surface area contributed by atoms with Gasteiger partial charge in [-0.25, -0.2) is 0 Å². The van der Waals surface area contributed by atoms with Crippen LogP contribution in [0.1, 0.15) is 39.4 Å². The van der Waals surface area contributed by atoms with Gasteiger partial charge in [-0.2, -0.15) is 16.7 Å². The lowest BCUT2D eigenvalue weighted by atomic mass is 10.1. The van der Waals surface area contributed by atoms with Crippen molar-refractivity contribution in [3.8, 4) is 0 Å². The zero-order valence-corrected chi connectivity index (χ0v) is 12.6. The van der Waals surface area contributed by atoms with Crippen LogP contribution in [-0.2, 0) is 11.3 Å². The van der Waals surface area contributed by atoms with Gasteiger partial charge in [0.05, 0.1) is 11.3 Å². The van der Waals surface area contributed by atoms with Crippen molar-refractivity contribution >= 4 is 11.8 Å². The van der Waals surface area contributed by atoms with Gasteiger partial charge >= 0.3 is 0 Å². The number of aromatic nitrogens is 2. The number of thioether (sulfide) groups is 1. The van der Waals surface area contributed by atoms with E-state index in [2.05, 4.69) is 28.9 Å². The maximum absolute atomic E-state index is 5.90. The summed E-state index contributed by atoms with van der Waals surface area (Å²) in [6.45, 7) is 11.4. The normalized spacial score (nSPS) is 12.3. The van der Waals surface area contributed by atoms with Gasteiger partial charge in [-0.3, -0.25) is 0 Å². The molecule has 5 nitrogen and oxygen atoms in total. The summed E-state index contributed by atoms with van der Waals surface area (Å²) >= 11 is 1.81. The van der Waals surface area contributed by atoms with E-state index >= 15 is 0 Å². The molecule has 0 spiro atoms. The van der Waals surface area contributed by atoms with Crippen molar-refractivity contribution in [2.75, 3.05) is 25.4 Å². The molecule has 0 saturated carbocycles. The summed E-state index contributed by atoms with van der Waals surface area (Å²) in [5.41, 5.74) is 5.37. The molecule has 0 aliphatic heterocycles. The maximum atomic E-state index is 5.90. The van der Waals surface area contributed by atoms with Gasteiger partial charge in [0.15, 0.2) is 5.82 Å². The summed E-state index contributed by atoms with van der Waals surface area (Å²) in [5, 5.41) is 3.90. The quantitative estimate of drug-likeness (QED) is 0.728. The molecule has 18 heavy (non-hydrogen) atoms. The van der Waals surface area contributed by atoms with Crippen LogP contribution in [0.3, 0.4) is 0 Å². The molecule has 1 heterocycles. The van der Waals surface area contributed by atoms with Crippen LogP contribution in [0.15, 0.2) is 4.52 Å². The minimum absolute atomic E-state index is 0.534. The summed E-state index contributed by atoms with van der Waals surface area (Å²) < 4.78 is 5.18. The Morgan fingerprint density at radius 2 is 2.00 bits per heavy atom. The molecule has 1 aromatic rings. The van der Waals surface area contributed by atoms with Gasteiger partial charge in [0, 0.05) is 12.3 Å². The Morgan fingerprint density at radius 1 is 1.33 bits per heavy atom. The molecule has 0 radical (unpaired) electrons. The molecule has 1 rings (SSSR count). The molecule has 0 fully saturated rings. The van der Waals surface area contributed by atoms with E-state index in [0.29, 0.717) is 11.7 Å². The van der Waals surface area contributed by atoms with Gasteiger partial charge < -0.3 is 15.2 Å². The van der Waals surface area contributed by atoms with Crippen molar-refractivity contribution in [2.24, 2.45) is 5.73 Å². The van der Waals surface area contributed by atoms with Crippen LogP contribution in [0.25, 0.3) is 0 Å². The van der Waals surface area contributed by atoms with Crippen molar-refractivity contribution in [3.63, 3.8) is 0 Å². The van der Waals surface area contributed by atoms with Crippen LogP contribution < -0.4 is 5.73 Å². The van der Waals surface area contributed by atoms with E-state index in [-0.39, 0.29) is 0 Å². The molecule has 6 heteroatoms. The molecular weight excluding hydrogens is 248 g/mol. The van der Waals surface area contributed by atoms with Crippen LogP contribution >= 0.6 is 11.8 Å². The molecule has 0 saturated heterocycles. The number of rotatable bonds is 8. The number of nitrogens with zero attached hydrogens (tertiary/aromatic N) is 3. The summed E-state index contributed by atoms with van der Waals surface area (Å²) in [4.78, 5) is 6.70. The highest BCUT2D eigenvalue weighted by molar-refractivity contribution is 7.98. The third-order valence-electron chi connectivity index (χ3n) is 2.72. The van der Waals surface area contributed by atoms with E-state index in [1.54, 1.807) is 0 Å². The first kappa shape index (κ1) is 15.5. The lowest BCUT2D eigenvalue weighted by Gasteiger charge is -2.16. The lowest BCUT2D eigenvalue weighted by Crippen LogP contribution is -2.30. The molecule has 1 aromatic heterocycles. The standard InChI is InChI=1S/C12H24N4OS/c1-5-16(6-2)7-8-18-9-10-14-11(15-17-10)12(3,4)13/h5-9,13H2,1-4H3. The van der Waals surface area contributed by atoms with Crippen LogP contribution in [0.4, 0.5) is 0 Å². The second kappa shape index (κ2) is 7.11. The Kier molecular flexibility index (Phi) is 6.11. The van der Waals surface area contributed by atoms with E-state index < -0.39 is 5.54 Å². The van der Waals surface area contributed by atoms with Crippen molar-refractivity contribution < 1.29 is 4.52 Å². The fraction of sp³-hybridized carbons (Fsp3) is 0.833. The molecule has 104 valence electrons. The van der Waals surface area contributed by atoms with Crippen LogP contribution in [0.2, 0.25) is 0 Å². The van der Waals surface area contributed by atoms with Crippen molar-refractivity contribution in [1.82, 2.24) is 15.0 Å². The molecular formula is C12H24N4OS. The van der Waals surface area contributed by atoms with Crippen LogP contribution in [-0.4, -0.2) is 40.4 Å². The first-order chi connectivity index (χ1) is 8.47. The molecule has 0 aliphatic carbocycles. The number of nitrogens with two attached hydrogens (primary N) is 1. The maximum Gasteiger partial charge on any atom is 0.236 e.